The highest BCUT2D eigenvalue weighted by Crippen LogP contribution is 2.26. The van der Waals surface area contributed by atoms with E-state index in [4.69, 9.17) is 11.6 Å². The lowest BCUT2D eigenvalue weighted by Crippen LogP contribution is -2.11. The van der Waals surface area contributed by atoms with Crippen LogP contribution in [-0.2, 0) is 0 Å². The van der Waals surface area contributed by atoms with E-state index in [1.54, 1.807) is 25.2 Å². The SMILES string of the molecule is CNc1nnc(C(=O)Nc2ccc(Br)c(Cl)c2)s1. The van der Waals surface area contributed by atoms with Gasteiger partial charge in [-0.05, 0) is 34.1 Å². The molecule has 0 saturated heterocycles. The van der Waals surface area contributed by atoms with Crippen LogP contribution in [0.3, 0.4) is 0 Å². The molecule has 1 aromatic carbocycles. The molecular weight excluding hydrogens is 340 g/mol. The highest BCUT2D eigenvalue weighted by Gasteiger charge is 2.12. The number of carbonyl (C=O) groups is 1. The third-order valence-electron chi connectivity index (χ3n) is 2.01. The lowest BCUT2D eigenvalue weighted by Gasteiger charge is -2.03. The van der Waals surface area contributed by atoms with Crippen LogP contribution in [0.2, 0.25) is 5.02 Å². The highest BCUT2D eigenvalue weighted by atomic mass is 79.9. The van der Waals surface area contributed by atoms with Gasteiger partial charge in [0.25, 0.3) is 5.91 Å². The number of amides is 1. The first kappa shape index (κ1) is 13.3. The van der Waals surface area contributed by atoms with Crippen LogP contribution >= 0.6 is 38.9 Å². The second-order valence-electron chi connectivity index (χ2n) is 3.25. The average molecular weight is 348 g/mol. The van der Waals surface area contributed by atoms with E-state index in [0.29, 0.717) is 20.8 Å². The number of rotatable bonds is 3. The fraction of sp³-hybridized carbons (Fsp3) is 0.100. The van der Waals surface area contributed by atoms with Crippen LogP contribution in [-0.4, -0.2) is 23.2 Å². The second-order valence-corrected chi connectivity index (χ2v) is 5.48. The Hall–Kier alpha value is -1.18. The maximum absolute atomic E-state index is 11.9. The number of halogens is 2. The van der Waals surface area contributed by atoms with Crippen molar-refractivity contribution in [2.24, 2.45) is 0 Å². The summed E-state index contributed by atoms with van der Waals surface area (Å²) in [4.78, 5) is 11.9. The van der Waals surface area contributed by atoms with Crippen molar-refractivity contribution in [2.45, 2.75) is 0 Å². The van der Waals surface area contributed by atoms with Gasteiger partial charge in [-0.25, -0.2) is 0 Å². The van der Waals surface area contributed by atoms with Crippen molar-refractivity contribution >= 4 is 55.6 Å². The summed E-state index contributed by atoms with van der Waals surface area (Å²) in [6, 6.07) is 5.16. The largest absolute Gasteiger partial charge is 0.363 e. The van der Waals surface area contributed by atoms with Crippen molar-refractivity contribution in [1.29, 1.82) is 0 Å². The van der Waals surface area contributed by atoms with Gasteiger partial charge in [-0.1, -0.05) is 22.9 Å². The Bertz CT molecular complexity index is 589. The topological polar surface area (TPSA) is 66.9 Å². The average Bonchev–Trinajstić information content (AvgIpc) is 2.82. The van der Waals surface area contributed by atoms with Gasteiger partial charge in [-0.15, -0.1) is 10.2 Å². The normalized spacial score (nSPS) is 10.2. The molecule has 0 unspecified atom stereocenters. The molecule has 1 aromatic heterocycles. The molecule has 2 aromatic rings. The Balaban J connectivity index is 2.13. The molecule has 0 spiro atoms. The molecule has 0 aliphatic heterocycles. The lowest BCUT2D eigenvalue weighted by atomic mass is 10.3. The zero-order valence-electron chi connectivity index (χ0n) is 9.20. The zero-order valence-corrected chi connectivity index (χ0v) is 12.4. The molecule has 0 atom stereocenters. The summed E-state index contributed by atoms with van der Waals surface area (Å²) in [6.45, 7) is 0. The van der Waals surface area contributed by atoms with Crippen molar-refractivity contribution in [2.75, 3.05) is 17.7 Å². The van der Waals surface area contributed by atoms with Gasteiger partial charge in [0.1, 0.15) is 0 Å². The molecule has 1 heterocycles. The number of nitrogens with one attached hydrogen (secondary N) is 2. The standard InChI is InChI=1S/C10H8BrClN4OS/c1-13-10-16-15-9(18-10)8(17)14-5-2-3-6(11)7(12)4-5/h2-4H,1H3,(H,13,16)(H,14,17). The van der Waals surface area contributed by atoms with E-state index in [2.05, 4.69) is 36.8 Å². The van der Waals surface area contributed by atoms with Crippen LogP contribution in [0.15, 0.2) is 22.7 Å². The molecule has 2 N–H and O–H groups in total. The quantitative estimate of drug-likeness (QED) is 0.894. The smallest absolute Gasteiger partial charge is 0.286 e. The molecular formula is C10H8BrClN4OS. The molecule has 8 heteroatoms. The van der Waals surface area contributed by atoms with Crippen molar-refractivity contribution in [3.8, 4) is 0 Å². The van der Waals surface area contributed by atoms with Gasteiger partial charge in [0.05, 0.1) is 5.02 Å². The fourth-order valence-corrected chi connectivity index (χ4v) is 2.19. The first-order chi connectivity index (χ1) is 8.60. The van der Waals surface area contributed by atoms with Gasteiger partial charge < -0.3 is 10.6 Å². The van der Waals surface area contributed by atoms with Gasteiger partial charge >= 0.3 is 0 Å². The van der Waals surface area contributed by atoms with Crippen LogP contribution in [0.4, 0.5) is 10.8 Å². The Morgan fingerprint density at radius 3 is 2.83 bits per heavy atom. The van der Waals surface area contributed by atoms with E-state index >= 15 is 0 Å². The van der Waals surface area contributed by atoms with Gasteiger partial charge in [0.2, 0.25) is 10.1 Å². The molecule has 2 rings (SSSR count). The monoisotopic (exact) mass is 346 g/mol. The molecule has 94 valence electrons. The summed E-state index contributed by atoms with van der Waals surface area (Å²) >= 11 is 10.4. The molecule has 0 fully saturated rings. The van der Waals surface area contributed by atoms with Gasteiger partial charge in [-0.3, -0.25) is 4.79 Å². The Kier molecular flexibility index (Phi) is 4.15. The number of aromatic nitrogens is 2. The maximum atomic E-state index is 11.9. The van der Waals surface area contributed by atoms with Gasteiger partial charge in [0, 0.05) is 17.2 Å². The zero-order chi connectivity index (χ0) is 13.1. The number of carbonyl (C=O) groups excluding carboxylic acids is 1. The summed E-state index contributed by atoms with van der Waals surface area (Å²) in [5.41, 5.74) is 0.606. The van der Waals surface area contributed by atoms with E-state index in [1.807, 2.05) is 0 Å². The van der Waals surface area contributed by atoms with E-state index in [1.165, 1.54) is 11.3 Å². The fourth-order valence-electron chi connectivity index (χ4n) is 1.17. The first-order valence-corrected chi connectivity index (χ1v) is 6.86. The van der Waals surface area contributed by atoms with Crippen LogP contribution in [0.1, 0.15) is 9.80 Å². The van der Waals surface area contributed by atoms with E-state index in [0.717, 1.165) is 4.47 Å². The predicted molar refractivity (Wildman–Crippen MR) is 76.6 cm³/mol. The Morgan fingerprint density at radius 2 is 2.22 bits per heavy atom. The highest BCUT2D eigenvalue weighted by molar-refractivity contribution is 9.10. The van der Waals surface area contributed by atoms with E-state index < -0.39 is 0 Å². The number of anilines is 2. The molecule has 0 saturated carbocycles. The Morgan fingerprint density at radius 1 is 1.44 bits per heavy atom. The minimum atomic E-state index is -0.313. The van der Waals surface area contributed by atoms with E-state index in [-0.39, 0.29) is 5.91 Å². The molecule has 5 nitrogen and oxygen atoms in total. The van der Waals surface area contributed by atoms with Gasteiger partial charge in [0.15, 0.2) is 0 Å². The molecule has 0 bridgehead atoms. The summed E-state index contributed by atoms with van der Waals surface area (Å²) < 4.78 is 0.774. The van der Waals surface area contributed by atoms with Crippen LogP contribution in [0.25, 0.3) is 0 Å². The number of benzene rings is 1. The van der Waals surface area contributed by atoms with Crippen molar-refractivity contribution in [3.05, 3.63) is 32.7 Å². The van der Waals surface area contributed by atoms with E-state index in [9.17, 15) is 4.79 Å². The first-order valence-electron chi connectivity index (χ1n) is 4.88. The second kappa shape index (κ2) is 5.64. The number of hydrogen-bond acceptors (Lipinski definition) is 5. The summed E-state index contributed by atoms with van der Waals surface area (Å²) in [7, 11) is 1.72. The third kappa shape index (κ3) is 2.98. The van der Waals surface area contributed by atoms with Crippen molar-refractivity contribution in [1.82, 2.24) is 10.2 Å². The van der Waals surface area contributed by atoms with Crippen LogP contribution in [0, 0.1) is 0 Å². The van der Waals surface area contributed by atoms with Gasteiger partial charge in [-0.2, -0.15) is 0 Å². The molecule has 0 aliphatic rings. The lowest BCUT2D eigenvalue weighted by molar-refractivity contribution is 0.102. The summed E-state index contributed by atoms with van der Waals surface area (Å²) in [5, 5.41) is 14.5. The summed E-state index contributed by atoms with van der Waals surface area (Å²) in [6.07, 6.45) is 0. The molecule has 0 aliphatic carbocycles. The van der Waals surface area contributed by atoms with Crippen molar-refractivity contribution in [3.63, 3.8) is 0 Å². The van der Waals surface area contributed by atoms with Crippen molar-refractivity contribution < 1.29 is 4.79 Å². The predicted octanol–water partition coefficient (Wildman–Crippen LogP) is 3.25. The number of nitrogens with zero attached hydrogens (tertiary/aromatic N) is 2. The molecule has 1 amide bonds. The minimum Gasteiger partial charge on any atom is -0.363 e. The molecule has 18 heavy (non-hydrogen) atoms. The third-order valence-corrected chi connectivity index (χ3v) is 4.18. The molecule has 0 radical (unpaired) electrons. The van der Waals surface area contributed by atoms with Crippen LogP contribution < -0.4 is 10.6 Å². The van der Waals surface area contributed by atoms with Crippen LogP contribution in [0.5, 0.6) is 0 Å². The summed E-state index contributed by atoms with van der Waals surface area (Å²) in [5.74, 6) is -0.313. The minimum absolute atomic E-state index is 0.290. The maximum Gasteiger partial charge on any atom is 0.286 e. The Labute approximate surface area is 121 Å². The number of hydrogen-bond donors (Lipinski definition) is 2.